The lowest BCUT2D eigenvalue weighted by molar-refractivity contribution is 0.470. The zero-order valence-electron chi connectivity index (χ0n) is 16.1. The van der Waals surface area contributed by atoms with Crippen molar-refractivity contribution in [1.82, 2.24) is 29.5 Å². The Balaban J connectivity index is 1.70. The minimum absolute atomic E-state index is 0.0127. The maximum Gasteiger partial charge on any atom is 0.203 e. The Bertz CT molecular complexity index is 1200. The van der Waals surface area contributed by atoms with E-state index in [0.717, 1.165) is 23.4 Å². The Kier molecular flexibility index (Phi) is 4.90. The first kappa shape index (κ1) is 18.5. The first-order valence-electron chi connectivity index (χ1n) is 9.29. The quantitative estimate of drug-likeness (QED) is 0.564. The molecular weight excluding hydrogens is 368 g/mol. The van der Waals surface area contributed by atoms with Crippen LogP contribution in [0.2, 0.25) is 0 Å². The zero-order valence-corrected chi connectivity index (χ0v) is 16.1. The predicted molar refractivity (Wildman–Crippen MR) is 108 cm³/mol. The molecule has 4 rings (SSSR count). The van der Waals surface area contributed by atoms with Crippen LogP contribution in [0.4, 0.5) is 0 Å². The van der Waals surface area contributed by atoms with Crippen molar-refractivity contribution < 1.29 is 5.11 Å². The lowest BCUT2D eigenvalue weighted by atomic mass is 9.95. The Morgan fingerprint density at radius 1 is 1.14 bits per heavy atom. The van der Waals surface area contributed by atoms with Gasteiger partial charge < -0.3 is 5.11 Å². The van der Waals surface area contributed by atoms with Gasteiger partial charge in [-0.3, -0.25) is 9.48 Å². The van der Waals surface area contributed by atoms with Crippen molar-refractivity contribution in [2.45, 2.75) is 26.3 Å². The molecule has 0 aliphatic carbocycles. The lowest BCUT2D eigenvalue weighted by Gasteiger charge is -2.13. The number of aromatic hydroxyl groups is 1. The maximum atomic E-state index is 12.5. The summed E-state index contributed by atoms with van der Waals surface area (Å²) in [4.78, 5) is 20.8. The van der Waals surface area contributed by atoms with E-state index in [4.69, 9.17) is 0 Å². The van der Waals surface area contributed by atoms with E-state index in [1.807, 2.05) is 44.3 Å². The molecule has 0 saturated heterocycles. The SMILES string of the molecule is CCn1cc(-n2ccc(=O)c(C(C)c3cccc(-c4ncc(O)cn4)c3)n2)cn1. The van der Waals surface area contributed by atoms with Crippen LogP contribution in [0, 0.1) is 0 Å². The van der Waals surface area contributed by atoms with Gasteiger partial charge in [-0.15, -0.1) is 0 Å². The monoisotopic (exact) mass is 388 g/mol. The summed E-state index contributed by atoms with van der Waals surface area (Å²) in [6, 6.07) is 9.18. The summed E-state index contributed by atoms with van der Waals surface area (Å²) in [7, 11) is 0. The highest BCUT2D eigenvalue weighted by atomic mass is 16.3. The fourth-order valence-electron chi connectivity index (χ4n) is 3.09. The maximum absolute atomic E-state index is 12.5. The highest BCUT2D eigenvalue weighted by Gasteiger charge is 2.16. The van der Waals surface area contributed by atoms with Gasteiger partial charge in [0.2, 0.25) is 5.43 Å². The van der Waals surface area contributed by atoms with Gasteiger partial charge in [0.1, 0.15) is 11.4 Å². The average Bonchev–Trinajstić information content (AvgIpc) is 3.23. The summed E-state index contributed by atoms with van der Waals surface area (Å²) in [5, 5.41) is 18.2. The zero-order chi connectivity index (χ0) is 20.4. The first-order valence-corrected chi connectivity index (χ1v) is 9.29. The molecule has 0 radical (unpaired) electrons. The van der Waals surface area contributed by atoms with Crippen molar-refractivity contribution in [3.05, 3.63) is 82.8 Å². The van der Waals surface area contributed by atoms with Crippen LogP contribution in [0.15, 0.2) is 66.1 Å². The molecule has 1 unspecified atom stereocenters. The number of rotatable bonds is 5. The molecular formula is C21H20N6O2. The molecule has 0 aliphatic rings. The van der Waals surface area contributed by atoms with Gasteiger partial charge in [-0.25, -0.2) is 14.6 Å². The lowest BCUT2D eigenvalue weighted by Crippen LogP contribution is -2.18. The van der Waals surface area contributed by atoms with Crippen LogP contribution in [0.25, 0.3) is 17.1 Å². The Hall–Kier alpha value is -3.81. The molecule has 1 N–H and O–H groups in total. The van der Waals surface area contributed by atoms with Crippen molar-refractivity contribution in [3.63, 3.8) is 0 Å². The standard InChI is InChI=1S/C21H20N6O2/c1-3-26-13-17(10-24-26)27-8-7-19(29)20(25-27)14(2)15-5-4-6-16(9-15)21-22-11-18(28)12-23-21/h4-14,28H,3H2,1-2H3. The molecule has 8 heteroatoms. The predicted octanol–water partition coefficient (Wildman–Crippen LogP) is 2.76. The molecule has 146 valence electrons. The normalized spacial score (nSPS) is 12.1. The van der Waals surface area contributed by atoms with Crippen LogP contribution in [0.5, 0.6) is 5.75 Å². The minimum Gasteiger partial charge on any atom is -0.505 e. The summed E-state index contributed by atoms with van der Waals surface area (Å²) in [6.07, 6.45) is 7.96. The highest BCUT2D eigenvalue weighted by molar-refractivity contribution is 5.56. The van der Waals surface area contributed by atoms with E-state index < -0.39 is 0 Å². The number of hydrogen-bond donors (Lipinski definition) is 1. The molecule has 0 bridgehead atoms. The van der Waals surface area contributed by atoms with E-state index in [1.165, 1.54) is 18.5 Å². The molecule has 29 heavy (non-hydrogen) atoms. The number of aromatic nitrogens is 6. The summed E-state index contributed by atoms with van der Waals surface area (Å²) in [5.41, 5.74) is 2.84. The van der Waals surface area contributed by atoms with Crippen LogP contribution >= 0.6 is 0 Å². The van der Waals surface area contributed by atoms with Crippen molar-refractivity contribution in [2.24, 2.45) is 0 Å². The minimum atomic E-state index is -0.228. The molecule has 0 fully saturated rings. The molecule has 0 spiro atoms. The molecule has 1 atom stereocenters. The molecule has 3 aromatic heterocycles. The number of benzene rings is 1. The van der Waals surface area contributed by atoms with Gasteiger partial charge in [0.05, 0.1) is 24.8 Å². The van der Waals surface area contributed by atoms with Crippen LogP contribution < -0.4 is 5.43 Å². The summed E-state index contributed by atoms with van der Waals surface area (Å²) in [5.74, 6) is 0.286. The second-order valence-corrected chi connectivity index (χ2v) is 6.68. The van der Waals surface area contributed by atoms with Gasteiger partial charge in [-0.2, -0.15) is 10.2 Å². The van der Waals surface area contributed by atoms with Crippen molar-refractivity contribution in [3.8, 4) is 22.8 Å². The largest absolute Gasteiger partial charge is 0.505 e. The Morgan fingerprint density at radius 2 is 1.93 bits per heavy atom. The van der Waals surface area contributed by atoms with Crippen LogP contribution in [0.1, 0.15) is 31.0 Å². The number of aryl methyl sites for hydroxylation is 1. The molecule has 8 nitrogen and oxygen atoms in total. The van der Waals surface area contributed by atoms with E-state index >= 15 is 0 Å². The molecule has 0 amide bonds. The Labute approximate surface area is 167 Å². The van der Waals surface area contributed by atoms with Crippen LogP contribution in [-0.4, -0.2) is 34.6 Å². The molecule has 4 aromatic rings. The van der Waals surface area contributed by atoms with Crippen LogP contribution in [-0.2, 0) is 6.54 Å². The van der Waals surface area contributed by atoms with E-state index in [2.05, 4.69) is 20.2 Å². The molecule has 3 heterocycles. The highest BCUT2D eigenvalue weighted by Crippen LogP contribution is 2.25. The molecule has 1 aromatic carbocycles. The summed E-state index contributed by atoms with van der Waals surface area (Å²) < 4.78 is 3.47. The van der Waals surface area contributed by atoms with Gasteiger partial charge in [-0.05, 0) is 18.6 Å². The smallest absolute Gasteiger partial charge is 0.203 e. The van der Waals surface area contributed by atoms with Crippen molar-refractivity contribution in [1.29, 1.82) is 0 Å². The van der Waals surface area contributed by atoms with Crippen molar-refractivity contribution >= 4 is 0 Å². The first-order chi connectivity index (χ1) is 14.0. The van der Waals surface area contributed by atoms with Crippen molar-refractivity contribution in [2.75, 3.05) is 0 Å². The summed E-state index contributed by atoms with van der Waals surface area (Å²) in [6.45, 7) is 4.71. The topological polar surface area (TPSA) is 98.7 Å². The number of hydrogen-bond acceptors (Lipinski definition) is 6. The van der Waals surface area contributed by atoms with Gasteiger partial charge in [0.15, 0.2) is 11.6 Å². The second kappa shape index (κ2) is 7.67. The van der Waals surface area contributed by atoms with Gasteiger partial charge in [0, 0.05) is 30.3 Å². The third-order valence-electron chi connectivity index (χ3n) is 4.74. The summed E-state index contributed by atoms with van der Waals surface area (Å²) >= 11 is 0. The van der Waals surface area contributed by atoms with Gasteiger partial charge in [0.25, 0.3) is 0 Å². The van der Waals surface area contributed by atoms with E-state index in [0.29, 0.717) is 11.5 Å². The van der Waals surface area contributed by atoms with Crippen LogP contribution in [0.3, 0.4) is 0 Å². The van der Waals surface area contributed by atoms with E-state index in [-0.39, 0.29) is 17.1 Å². The number of nitrogens with zero attached hydrogens (tertiary/aromatic N) is 6. The third-order valence-corrected chi connectivity index (χ3v) is 4.74. The second-order valence-electron chi connectivity index (χ2n) is 6.68. The van der Waals surface area contributed by atoms with E-state index in [9.17, 15) is 9.90 Å². The van der Waals surface area contributed by atoms with E-state index in [1.54, 1.807) is 21.8 Å². The molecule has 0 aliphatic heterocycles. The fourth-order valence-corrected chi connectivity index (χ4v) is 3.09. The fraction of sp³-hybridized carbons (Fsp3) is 0.190. The third kappa shape index (κ3) is 3.77. The van der Waals surface area contributed by atoms with Gasteiger partial charge in [-0.1, -0.05) is 25.1 Å². The Morgan fingerprint density at radius 3 is 2.66 bits per heavy atom. The van der Waals surface area contributed by atoms with Gasteiger partial charge >= 0.3 is 0 Å². The average molecular weight is 388 g/mol. The molecule has 0 saturated carbocycles.